The van der Waals surface area contributed by atoms with E-state index in [1.807, 2.05) is 0 Å². The van der Waals surface area contributed by atoms with Gasteiger partial charge >= 0.3 is 0 Å². The van der Waals surface area contributed by atoms with Crippen LogP contribution in [0, 0.1) is 5.41 Å². The van der Waals surface area contributed by atoms with Gasteiger partial charge in [-0.05, 0) is 43.5 Å². The van der Waals surface area contributed by atoms with Gasteiger partial charge in [-0.15, -0.1) is 0 Å². The molecule has 0 aromatic carbocycles. The molecular formula is C12H24N2S. The lowest BCUT2D eigenvalue weighted by molar-refractivity contribution is 0.167. The third-order valence-corrected chi connectivity index (χ3v) is 5.00. The van der Waals surface area contributed by atoms with E-state index in [0.717, 1.165) is 0 Å². The maximum Gasteiger partial charge on any atom is 0.00726 e. The molecule has 2 fully saturated rings. The van der Waals surface area contributed by atoms with Crippen LogP contribution in [0.25, 0.3) is 0 Å². The van der Waals surface area contributed by atoms with E-state index in [4.69, 9.17) is 0 Å². The van der Waals surface area contributed by atoms with Crippen LogP contribution in [0.4, 0.5) is 0 Å². The van der Waals surface area contributed by atoms with Gasteiger partial charge in [0, 0.05) is 25.4 Å². The third kappa shape index (κ3) is 3.11. The highest BCUT2D eigenvalue weighted by Crippen LogP contribution is 2.30. The van der Waals surface area contributed by atoms with Gasteiger partial charge in [-0.3, -0.25) is 0 Å². The van der Waals surface area contributed by atoms with Crippen molar-refractivity contribution >= 4 is 11.8 Å². The molecule has 1 N–H and O–H groups in total. The van der Waals surface area contributed by atoms with Gasteiger partial charge in [0.05, 0.1) is 0 Å². The fourth-order valence-electron chi connectivity index (χ4n) is 2.77. The van der Waals surface area contributed by atoms with E-state index in [2.05, 4.69) is 28.9 Å². The minimum absolute atomic E-state index is 0.592. The zero-order valence-corrected chi connectivity index (χ0v) is 10.7. The predicted molar refractivity (Wildman–Crippen MR) is 68.6 cm³/mol. The number of thioether (sulfide) groups is 1. The zero-order chi connectivity index (χ0) is 10.6. The minimum Gasteiger partial charge on any atom is -0.316 e. The van der Waals surface area contributed by atoms with Crippen molar-refractivity contribution in [1.29, 1.82) is 0 Å². The van der Waals surface area contributed by atoms with Crippen molar-refractivity contribution < 1.29 is 0 Å². The average molecular weight is 228 g/mol. The first-order valence-corrected chi connectivity index (χ1v) is 7.51. The summed E-state index contributed by atoms with van der Waals surface area (Å²) < 4.78 is 0. The van der Waals surface area contributed by atoms with Crippen LogP contribution in [0.5, 0.6) is 0 Å². The highest BCUT2D eigenvalue weighted by molar-refractivity contribution is 7.99. The molecule has 0 spiro atoms. The van der Waals surface area contributed by atoms with E-state index in [1.54, 1.807) is 0 Å². The lowest BCUT2D eigenvalue weighted by Crippen LogP contribution is -2.40. The Hall–Kier alpha value is 0.270. The second kappa shape index (κ2) is 5.55. The molecule has 0 aromatic rings. The molecule has 2 aliphatic rings. The molecule has 1 atom stereocenters. The van der Waals surface area contributed by atoms with Gasteiger partial charge in [-0.2, -0.15) is 11.8 Å². The molecule has 1 unspecified atom stereocenters. The van der Waals surface area contributed by atoms with E-state index in [1.165, 1.54) is 63.5 Å². The molecule has 0 aliphatic carbocycles. The Balaban J connectivity index is 1.87. The van der Waals surface area contributed by atoms with Gasteiger partial charge in [-0.25, -0.2) is 0 Å². The fourth-order valence-corrected chi connectivity index (χ4v) is 3.70. The zero-order valence-electron chi connectivity index (χ0n) is 9.93. The number of nitrogens with zero attached hydrogens (tertiary/aromatic N) is 1. The normalized spacial score (nSPS) is 34.2. The standard InChI is InChI=1S/C12H24N2S/c1-2-12(4-5-13-10-12)11-14-6-3-8-15-9-7-14/h13H,2-11H2,1H3. The highest BCUT2D eigenvalue weighted by atomic mass is 32.2. The summed E-state index contributed by atoms with van der Waals surface area (Å²) in [5, 5.41) is 3.54. The van der Waals surface area contributed by atoms with E-state index in [-0.39, 0.29) is 0 Å². The van der Waals surface area contributed by atoms with E-state index in [0.29, 0.717) is 5.41 Å². The van der Waals surface area contributed by atoms with Crippen molar-refractivity contribution in [3.63, 3.8) is 0 Å². The number of hydrogen-bond acceptors (Lipinski definition) is 3. The molecule has 2 nitrogen and oxygen atoms in total. The molecule has 0 bridgehead atoms. The monoisotopic (exact) mass is 228 g/mol. The second-order valence-corrected chi connectivity index (χ2v) is 6.25. The van der Waals surface area contributed by atoms with E-state index >= 15 is 0 Å². The molecule has 2 aliphatic heterocycles. The maximum absolute atomic E-state index is 3.54. The molecule has 0 saturated carbocycles. The Morgan fingerprint density at radius 3 is 3.00 bits per heavy atom. The van der Waals surface area contributed by atoms with Crippen LogP contribution < -0.4 is 5.32 Å². The molecule has 0 radical (unpaired) electrons. The molecule has 3 heteroatoms. The van der Waals surface area contributed by atoms with Crippen LogP contribution in [0.3, 0.4) is 0 Å². The van der Waals surface area contributed by atoms with Gasteiger partial charge in [0.1, 0.15) is 0 Å². The summed E-state index contributed by atoms with van der Waals surface area (Å²) in [5.74, 6) is 2.71. The first-order chi connectivity index (χ1) is 7.35. The lowest BCUT2D eigenvalue weighted by atomic mass is 9.83. The second-order valence-electron chi connectivity index (χ2n) is 5.02. The molecule has 2 rings (SSSR count). The average Bonchev–Trinajstić information content (AvgIpc) is 2.57. The van der Waals surface area contributed by atoms with Crippen molar-refractivity contribution in [1.82, 2.24) is 10.2 Å². The van der Waals surface area contributed by atoms with Crippen molar-refractivity contribution in [2.24, 2.45) is 5.41 Å². The van der Waals surface area contributed by atoms with Crippen molar-refractivity contribution in [2.45, 2.75) is 26.2 Å². The summed E-state index contributed by atoms with van der Waals surface area (Å²) in [6.45, 7) is 8.81. The smallest absolute Gasteiger partial charge is 0.00726 e. The van der Waals surface area contributed by atoms with Crippen LogP contribution in [0.15, 0.2) is 0 Å². The number of rotatable bonds is 3. The topological polar surface area (TPSA) is 15.3 Å². The van der Waals surface area contributed by atoms with Crippen LogP contribution in [-0.2, 0) is 0 Å². The van der Waals surface area contributed by atoms with Crippen molar-refractivity contribution in [3.05, 3.63) is 0 Å². The summed E-state index contributed by atoms with van der Waals surface area (Å²) in [7, 11) is 0. The first-order valence-electron chi connectivity index (χ1n) is 6.35. The maximum atomic E-state index is 3.54. The van der Waals surface area contributed by atoms with Gasteiger partial charge in [-0.1, -0.05) is 6.92 Å². The van der Waals surface area contributed by atoms with Crippen molar-refractivity contribution in [2.75, 3.05) is 44.2 Å². The SMILES string of the molecule is CCC1(CN2CCCSCC2)CCNC1. The third-order valence-electron chi connectivity index (χ3n) is 3.96. The fraction of sp³-hybridized carbons (Fsp3) is 1.00. The van der Waals surface area contributed by atoms with Gasteiger partial charge in [0.2, 0.25) is 0 Å². The Bertz CT molecular complexity index is 182. The molecule has 0 amide bonds. The molecule has 0 aromatic heterocycles. The van der Waals surface area contributed by atoms with Crippen LogP contribution in [0.1, 0.15) is 26.2 Å². The van der Waals surface area contributed by atoms with Crippen molar-refractivity contribution in [3.8, 4) is 0 Å². The predicted octanol–water partition coefficient (Wildman–Crippen LogP) is 1.82. The van der Waals surface area contributed by atoms with E-state index in [9.17, 15) is 0 Å². The lowest BCUT2D eigenvalue weighted by Gasteiger charge is -2.33. The summed E-state index contributed by atoms with van der Waals surface area (Å²) in [6, 6.07) is 0. The summed E-state index contributed by atoms with van der Waals surface area (Å²) in [6.07, 6.45) is 4.11. The van der Waals surface area contributed by atoms with Crippen LogP contribution in [0.2, 0.25) is 0 Å². The quantitative estimate of drug-likeness (QED) is 0.793. The molecule has 15 heavy (non-hydrogen) atoms. The number of nitrogens with one attached hydrogen (secondary N) is 1. The summed E-state index contributed by atoms with van der Waals surface area (Å²) in [5.41, 5.74) is 0.592. The minimum atomic E-state index is 0.592. The Morgan fingerprint density at radius 1 is 1.33 bits per heavy atom. The molecule has 2 heterocycles. The first kappa shape index (κ1) is 11.7. The molecule has 2 saturated heterocycles. The highest BCUT2D eigenvalue weighted by Gasteiger charge is 2.33. The Labute approximate surface area is 98.2 Å². The van der Waals surface area contributed by atoms with Gasteiger partial charge in [0.15, 0.2) is 0 Å². The molecular weight excluding hydrogens is 204 g/mol. The van der Waals surface area contributed by atoms with Crippen LogP contribution in [-0.4, -0.2) is 49.1 Å². The molecule has 88 valence electrons. The van der Waals surface area contributed by atoms with E-state index < -0.39 is 0 Å². The van der Waals surface area contributed by atoms with Gasteiger partial charge in [0.25, 0.3) is 0 Å². The summed E-state index contributed by atoms with van der Waals surface area (Å²) >= 11 is 2.13. The van der Waals surface area contributed by atoms with Gasteiger partial charge < -0.3 is 10.2 Å². The largest absolute Gasteiger partial charge is 0.316 e. The number of hydrogen-bond donors (Lipinski definition) is 1. The van der Waals surface area contributed by atoms with Crippen LogP contribution >= 0.6 is 11.8 Å². The summed E-state index contributed by atoms with van der Waals surface area (Å²) in [4.78, 5) is 2.70. The Morgan fingerprint density at radius 2 is 2.27 bits per heavy atom. The Kier molecular flexibility index (Phi) is 4.35.